The van der Waals surface area contributed by atoms with Gasteiger partial charge in [0.1, 0.15) is 0 Å². The number of carbonyl (C=O) groups is 1. The summed E-state index contributed by atoms with van der Waals surface area (Å²) in [6.45, 7) is 12.0. The Labute approximate surface area is 98.2 Å². The molecular formula is C13H24O3. The van der Waals surface area contributed by atoms with E-state index in [2.05, 4.69) is 34.6 Å². The van der Waals surface area contributed by atoms with Gasteiger partial charge in [0.25, 0.3) is 0 Å². The first-order chi connectivity index (χ1) is 7.00. The third kappa shape index (κ3) is 2.57. The highest BCUT2D eigenvalue weighted by Gasteiger charge is 2.68. The van der Waals surface area contributed by atoms with Gasteiger partial charge in [-0.2, -0.15) is 0 Å². The van der Waals surface area contributed by atoms with E-state index in [9.17, 15) is 4.79 Å². The minimum absolute atomic E-state index is 0.00769. The van der Waals surface area contributed by atoms with Crippen molar-refractivity contribution < 1.29 is 14.6 Å². The summed E-state index contributed by atoms with van der Waals surface area (Å²) in [7, 11) is 0. The van der Waals surface area contributed by atoms with Gasteiger partial charge in [-0.25, -0.2) is 0 Å². The summed E-state index contributed by atoms with van der Waals surface area (Å²) in [5, 5.41) is 9.14. The van der Waals surface area contributed by atoms with Crippen LogP contribution in [0.15, 0.2) is 0 Å². The molecule has 0 spiro atoms. The number of hydrogen-bond acceptors (Lipinski definition) is 3. The summed E-state index contributed by atoms with van der Waals surface area (Å²) in [4.78, 5) is 12.0. The fourth-order valence-corrected chi connectivity index (χ4v) is 2.61. The van der Waals surface area contributed by atoms with Crippen molar-refractivity contribution in [3.05, 3.63) is 0 Å². The van der Waals surface area contributed by atoms with Gasteiger partial charge < -0.3 is 9.84 Å². The zero-order chi connectivity index (χ0) is 12.8. The smallest absolute Gasteiger partial charge is 0.314 e. The van der Waals surface area contributed by atoms with E-state index < -0.39 is 11.7 Å². The van der Waals surface area contributed by atoms with Gasteiger partial charge in [-0.1, -0.05) is 34.6 Å². The lowest BCUT2D eigenvalue weighted by molar-refractivity contribution is -0.174. The molecule has 1 aliphatic carbocycles. The maximum absolute atomic E-state index is 12.0. The number of hydrogen-bond donors (Lipinski definition) is 1. The van der Waals surface area contributed by atoms with Crippen LogP contribution in [0.1, 0.15) is 54.4 Å². The zero-order valence-corrected chi connectivity index (χ0v) is 11.3. The van der Waals surface area contributed by atoms with Gasteiger partial charge in [0, 0.05) is 0 Å². The van der Waals surface area contributed by atoms with Gasteiger partial charge >= 0.3 is 5.97 Å². The predicted molar refractivity (Wildman–Crippen MR) is 62.7 cm³/mol. The molecule has 94 valence electrons. The number of aliphatic hydroxyl groups excluding tert-OH is 1. The molecule has 0 heterocycles. The first-order valence-corrected chi connectivity index (χ1v) is 5.89. The molecule has 1 fully saturated rings. The van der Waals surface area contributed by atoms with Crippen molar-refractivity contribution in [2.75, 3.05) is 0 Å². The monoisotopic (exact) mass is 228 g/mol. The number of aliphatic hydroxyl groups is 1. The molecule has 3 heteroatoms. The Bertz CT molecular complexity index is 286. The fourth-order valence-electron chi connectivity index (χ4n) is 2.61. The molecule has 1 rings (SSSR count). The van der Waals surface area contributed by atoms with Crippen molar-refractivity contribution in [3.8, 4) is 0 Å². The molecule has 0 saturated heterocycles. The largest absolute Gasteiger partial charge is 0.436 e. The topological polar surface area (TPSA) is 46.5 Å². The van der Waals surface area contributed by atoms with Crippen molar-refractivity contribution in [2.45, 2.75) is 60.7 Å². The molecule has 0 bridgehead atoms. The average molecular weight is 228 g/mol. The second kappa shape index (κ2) is 3.73. The van der Waals surface area contributed by atoms with Crippen molar-refractivity contribution in [1.82, 2.24) is 0 Å². The van der Waals surface area contributed by atoms with E-state index in [1.54, 1.807) is 0 Å². The van der Waals surface area contributed by atoms with Gasteiger partial charge in [0.05, 0.1) is 5.41 Å². The van der Waals surface area contributed by atoms with E-state index in [1.807, 2.05) is 0 Å². The van der Waals surface area contributed by atoms with Crippen molar-refractivity contribution in [3.63, 3.8) is 0 Å². The van der Waals surface area contributed by atoms with E-state index >= 15 is 0 Å². The first kappa shape index (κ1) is 13.5. The fraction of sp³-hybridized carbons (Fsp3) is 0.923. The van der Waals surface area contributed by atoms with Crippen LogP contribution in [-0.2, 0) is 9.53 Å². The quantitative estimate of drug-likeness (QED) is 0.597. The molecule has 1 aliphatic rings. The highest BCUT2D eigenvalue weighted by atomic mass is 16.6. The number of rotatable bonds is 3. The minimum Gasteiger partial charge on any atom is -0.436 e. The summed E-state index contributed by atoms with van der Waals surface area (Å²) < 4.78 is 4.98. The van der Waals surface area contributed by atoms with Gasteiger partial charge in [0.15, 0.2) is 6.29 Å². The lowest BCUT2D eigenvalue weighted by atomic mass is 9.79. The van der Waals surface area contributed by atoms with Gasteiger partial charge in [-0.15, -0.1) is 0 Å². The Morgan fingerprint density at radius 3 is 2.12 bits per heavy atom. The first-order valence-electron chi connectivity index (χ1n) is 5.89. The van der Waals surface area contributed by atoms with Crippen LogP contribution in [0.25, 0.3) is 0 Å². The molecule has 0 aromatic carbocycles. The standard InChI is InChI=1S/C13H24O3/c1-9(14)16-10(15)13(7-11(2,3)4)8-12(13,5)6/h9,14H,7-8H2,1-6H3. The SMILES string of the molecule is CC(O)OC(=O)C1(CC(C)(C)C)CC1(C)C. The van der Waals surface area contributed by atoms with Crippen molar-refractivity contribution in [1.29, 1.82) is 0 Å². The highest BCUT2D eigenvalue weighted by Crippen LogP contribution is 2.68. The minimum atomic E-state index is -1.01. The Kier molecular flexibility index (Phi) is 3.14. The molecule has 0 aliphatic heterocycles. The average Bonchev–Trinajstić information content (AvgIpc) is 2.48. The van der Waals surface area contributed by atoms with E-state index in [-0.39, 0.29) is 16.8 Å². The molecule has 0 aromatic heterocycles. The summed E-state index contributed by atoms with van der Waals surface area (Å²) in [6, 6.07) is 0. The Hall–Kier alpha value is -0.570. The molecule has 16 heavy (non-hydrogen) atoms. The lowest BCUT2D eigenvalue weighted by Gasteiger charge is -2.27. The van der Waals surface area contributed by atoms with Gasteiger partial charge in [0.2, 0.25) is 0 Å². The molecule has 2 atom stereocenters. The summed E-state index contributed by atoms with van der Waals surface area (Å²) in [5.74, 6) is -0.248. The Morgan fingerprint density at radius 1 is 1.44 bits per heavy atom. The van der Waals surface area contributed by atoms with E-state index in [1.165, 1.54) is 6.92 Å². The maximum Gasteiger partial charge on any atom is 0.314 e. The molecule has 2 unspecified atom stereocenters. The van der Waals surface area contributed by atoms with Crippen LogP contribution in [0.4, 0.5) is 0 Å². The molecule has 1 N–H and O–H groups in total. The maximum atomic E-state index is 12.0. The number of carbonyl (C=O) groups excluding carboxylic acids is 1. The predicted octanol–water partition coefficient (Wildman–Crippen LogP) is 2.72. The van der Waals surface area contributed by atoms with E-state index in [0.29, 0.717) is 0 Å². The van der Waals surface area contributed by atoms with Crippen LogP contribution in [0.5, 0.6) is 0 Å². The molecule has 1 saturated carbocycles. The Balaban J connectivity index is 2.81. The third-order valence-electron chi connectivity index (χ3n) is 3.41. The van der Waals surface area contributed by atoms with Gasteiger partial charge in [-0.3, -0.25) is 4.79 Å². The number of esters is 1. The normalized spacial score (nSPS) is 29.7. The van der Waals surface area contributed by atoms with Crippen LogP contribution >= 0.6 is 0 Å². The summed E-state index contributed by atoms with van der Waals surface area (Å²) in [5.41, 5.74) is -0.319. The lowest BCUT2D eigenvalue weighted by Crippen LogP contribution is -2.31. The molecule has 3 nitrogen and oxygen atoms in total. The van der Waals surface area contributed by atoms with E-state index in [4.69, 9.17) is 9.84 Å². The van der Waals surface area contributed by atoms with Crippen LogP contribution < -0.4 is 0 Å². The highest BCUT2D eigenvalue weighted by molar-refractivity contribution is 5.82. The molecular weight excluding hydrogens is 204 g/mol. The second-order valence-electron chi connectivity index (χ2n) is 6.88. The third-order valence-corrected chi connectivity index (χ3v) is 3.41. The molecule has 0 radical (unpaired) electrons. The summed E-state index contributed by atoms with van der Waals surface area (Å²) >= 11 is 0. The summed E-state index contributed by atoms with van der Waals surface area (Å²) in [6.07, 6.45) is 0.641. The van der Waals surface area contributed by atoms with Crippen LogP contribution in [0.3, 0.4) is 0 Å². The van der Waals surface area contributed by atoms with Crippen LogP contribution in [-0.4, -0.2) is 17.4 Å². The second-order valence-corrected chi connectivity index (χ2v) is 6.88. The van der Waals surface area contributed by atoms with Gasteiger partial charge in [-0.05, 0) is 30.6 Å². The van der Waals surface area contributed by atoms with E-state index in [0.717, 1.165) is 12.8 Å². The van der Waals surface area contributed by atoms with Crippen LogP contribution in [0.2, 0.25) is 0 Å². The molecule has 0 amide bonds. The van der Waals surface area contributed by atoms with Crippen LogP contribution in [0, 0.1) is 16.2 Å². The Morgan fingerprint density at radius 2 is 1.88 bits per heavy atom. The zero-order valence-electron chi connectivity index (χ0n) is 11.3. The van der Waals surface area contributed by atoms with Crippen molar-refractivity contribution >= 4 is 5.97 Å². The molecule has 0 aromatic rings. The number of ether oxygens (including phenoxy) is 1. The van der Waals surface area contributed by atoms with Crippen molar-refractivity contribution in [2.24, 2.45) is 16.2 Å².